The molecule has 1 fully saturated rings. The molecule has 24 heavy (non-hydrogen) atoms. The molecule has 1 atom stereocenters. The van der Waals surface area contributed by atoms with Crippen molar-refractivity contribution in [2.24, 2.45) is 12.0 Å². The number of guanidine groups is 1. The van der Waals surface area contributed by atoms with E-state index in [0.29, 0.717) is 6.54 Å². The van der Waals surface area contributed by atoms with Crippen LogP contribution in [0.2, 0.25) is 0 Å². The van der Waals surface area contributed by atoms with Gasteiger partial charge < -0.3 is 19.8 Å². The fourth-order valence-electron chi connectivity index (χ4n) is 2.56. The molecule has 2 aromatic heterocycles. The van der Waals surface area contributed by atoms with Gasteiger partial charge in [0.15, 0.2) is 5.96 Å². The third kappa shape index (κ3) is 4.82. The van der Waals surface area contributed by atoms with Gasteiger partial charge in [0, 0.05) is 33.2 Å². The molecule has 130 valence electrons. The van der Waals surface area contributed by atoms with Gasteiger partial charge in [-0.15, -0.1) is 0 Å². The van der Waals surface area contributed by atoms with Crippen LogP contribution in [0.5, 0.6) is 0 Å². The summed E-state index contributed by atoms with van der Waals surface area (Å²) in [4.78, 5) is 8.79. The van der Waals surface area contributed by atoms with Gasteiger partial charge in [-0.2, -0.15) is 5.10 Å². The topological polar surface area (TPSA) is 89.5 Å². The number of hydrogen-bond donors (Lipinski definition) is 2. The summed E-state index contributed by atoms with van der Waals surface area (Å²) in [5.41, 5.74) is 0. The summed E-state index contributed by atoms with van der Waals surface area (Å²) in [5, 5.41) is 10.7. The first-order chi connectivity index (χ1) is 11.8. The molecule has 0 radical (unpaired) electrons. The molecule has 0 amide bonds. The number of aromatic nitrogens is 3. The molecule has 1 saturated heterocycles. The Morgan fingerprint density at radius 2 is 2.42 bits per heavy atom. The third-order valence-electron chi connectivity index (χ3n) is 3.95. The van der Waals surface area contributed by atoms with E-state index in [1.807, 2.05) is 19.2 Å². The first-order valence-electron chi connectivity index (χ1n) is 8.30. The van der Waals surface area contributed by atoms with Crippen LogP contribution in [-0.2, 0) is 24.8 Å². The molecule has 1 aliphatic heterocycles. The van der Waals surface area contributed by atoms with E-state index in [4.69, 9.17) is 9.15 Å². The van der Waals surface area contributed by atoms with Crippen LogP contribution in [0.1, 0.15) is 24.4 Å². The Morgan fingerprint density at radius 1 is 1.46 bits per heavy atom. The van der Waals surface area contributed by atoms with Crippen molar-refractivity contribution >= 4 is 5.96 Å². The normalized spacial score (nSPS) is 18.0. The monoisotopic (exact) mass is 332 g/mol. The zero-order chi connectivity index (χ0) is 16.6. The van der Waals surface area contributed by atoms with Crippen LogP contribution in [0.3, 0.4) is 0 Å². The van der Waals surface area contributed by atoms with E-state index < -0.39 is 0 Å². The maximum atomic E-state index is 5.65. The highest BCUT2D eigenvalue weighted by Gasteiger charge is 2.15. The van der Waals surface area contributed by atoms with Crippen LogP contribution < -0.4 is 10.6 Å². The highest BCUT2D eigenvalue weighted by molar-refractivity contribution is 5.79. The fourth-order valence-corrected chi connectivity index (χ4v) is 2.56. The van der Waals surface area contributed by atoms with Gasteiger partial charge in [-0.25, -0.2) is 9.98 Å². The van der Waals surface area contributed by atoms with E-state index in [0.717, 1.165) is 56.5 Å². The van der Waals surface area contributed by atoms with Crippen molar-refractivity contribution in [2.45, 2.75) is 31.9 Å². The third-order valence-corrected chi connectivity index (χ3v) is 3.95. The van der Waals surface area contributed by atoms with Crippen molar-refractivity contribution in [1.82, 2.24) is 25.4 Å². The molecule has 3 heterocycles. The minimum atomic E-state index is 0.261. The predicted octanol–water partition coefficient (Wildman–Crippen LogP) is 0.865. The minimum Gasteiger partial charge on any atom is -0.469 e. The number of nitrogens with one attached hydrogen (secondary N) is 2. The number of aliphatic imine (C=N–C) groups is 1. The van der Waals surface area contributed by atoms with Crippen molar-refractivity contribution in [3.05, 3.63) is 36.3 Å². The molecule has 0 aliphatic carbocycles. The van der Waals surface area contributed by atoms with Crippen LogP contribution in [0.25, 0.3) is 0 Å². The van der Waals surface area contributed by atoms with E-state index in [-0.39, 0.29) is 6.10 Å². The van der Waals surface area contributed by atoms with E-state index >= 15 is 0 Å². The highest BCUT2D eigenvalue weighted by atomic mass is 16.5. The predicted molar refractivity (Wildman–Crippen MR) is 89.5 cm³/mol. The Balaban J connectivity index is 1.53. The number of ether oxygens (including phenoxy) is 1. The molecule has 0 saturated carbocycles. The highest BCUT2D eigenvalue weighted by Crippen LogP contribution is 2.10. The molecule has 8 heteroatoms. The van der Waals surface area contributed by atoms with E-state index in [1.165, 1.54) is 6.33 Å². The quantitative estimate of drug-likeness (QED) is 0.577. The average molecular weight is 332 g/mol. The van der Waals surface area contributed by atoms with Gasteiger partial charge in [0.1, 0.15) is 24.5 Å². The summed E-state index contributed by atoms with van der Waals surface area (Å²) in [5.74, 6) is 2.52. The maximum Gasteiger partial charge on any atom is 0.191 e. The van der Waals surface area contributed by atoms with E-state index in [2.05, 4.69) is 25.7 Å². The SMILES string of the molecule is Cn1ncnc1CN=C(NCCc1ccco1)NCC1CCCO1. The molecule has 2 N–H and O–H groups in total. The second-order valence-electron chi connectivity index (χ2n) is 5.74. The summed E-state index contributed by atoms with van der Waals surface area (Å²) in [6.45, 7) is 2.82. The van der Waals surface area contributed by atoms with Crippen molar-refractivity contribution < 1.29 is 9.15 Å². The molecule has 1 unspecified atom stereocenters. The Labute approximate surface area is 141 Å². The van der Waals surface area contributed by atoms with Crippen LogP contribution >= 0.6 is 0 Å². The Bertz CT molecular complexity index is 631. The van der Waals surface area contributed by atoms with Gasteiger partial charge in [0.2, 0.25) is 0 Å². The minimum absolute atomic E-state index is 0.261. The largest absolute Gasteiger partial charge is 0.469 e. The van der Waals surface area contributed by atoms with Gasteiger partial charge in [-0.3, -0.25) is 4.68 Å². The number of aryl methyl sites for hydroxylation is 1. The summed E-state index contributed by atoms with van der Waals surface area (Å²) in [6, 6.07) is 3.87. The van der Waals surface area contributed by atoms with E-state index in [1.54, 1.807) is 10.9 Å². The lowest BCUT2D eigenvalue weighted by Crippen LogP contribution is -2.42. The number of nitrogens with zero attached hydrogens (tertiary/aromatic N) is 4. The molecule has 3 rings (SSSR count). The van der Waals surface area contributed by atoms with Gasteiger partial charge in [0.25, 0.3) is 0 Å². The van der Waals surface area contributed by atoms with E-state index in [9.17, 15) is 0 Å². The average Bonchev–Trinajstić information content (AvgIpc) is 3.33. The first-order valence-corrected chi connectivity index (χ1v) is 8.30. The number of hydrogen-bond acceptors (Lipinski definition) is 5. The van der Waals surface area contributed by atoms with Gasteiger partial charge >= 0.3 is 0 Å². The summed E-state index contributed by atoms with van der Waals surface area (Å²) in [7, 11) is 1.86. The Kier molecular flexibility index (Phi) is 5.84. The number of rotatable bonds is 7. The smallest absolute Gasteiger partial charge is 0.191 e. The Hall–Kier alpha value is -2.35. The second-order valence-corrected chi connectivity index (χ2v) is 5.74. The van der Waals surface area contributed by atoms with Gasteiger partial charge in [-0.1, -0.05) is 0 Å². The molecule has 0 aromatic carbocycles. The van der Waals surface area contributed by atoms with Crippen molar-refractivity contribution in [3.63, 3.8) is 0 Å². The standard InChI is InChI=1S/C16H24N6O2/c1-22-15(20-12-21-22)11-19-16(18-10-14-5-3-9-24-14)17-7-6-13-4-2-8-23-13/h2,4,8,12,14H,3,5-7,9-11H2,1H3,(H2,17,18,19). The second kappa shape index (κ2) is 8.49. The molecule has 8 nitrogen and oxygen atoms in total. The molecular formula is C16H24N6O2. The lowest BCUT2D eigenvalue weighted by molar-refractivity contribution is 0.114. The molecule has 1 aliphatic rings. The van der Waals surface area contributed by atoms with Crippen LogP contribution in [0, 0.1) is 0 Å². The first kappa shape index (κ1) is 16.5. The summed E-state index contributed by atoms with van der Waals surface area (Å²) in [6.07, 6.45) is 6.51. The zero-order valence-electron chi connectivity index (χ0n) is 13.9. The van der Waals surface area contributed by atoms with Crippen LogP contribution in [0.4, 0.5) is 0 Å². The molecule has 2 aromatic rings. The molecule has 0 spiro atoms. The van der Waals surface area contributed by atoms with Crippen LogP contribution in [-0.4, -0.2) is 46.5 Å². The number of furan rings is 1. The van der Waals surface area contributed by atoms with Crippen LogP contribution in [0.15, 0.2) is 34.1 Å². The summed E-state index contributed by atoms with van der Waals surface area (Å²) < 4.78 is 12.7. The van der Waals surface area contributed by atoms with Gasteiger partial charge in [0.05, 0.1) is 12.4 Å². The lowest BCUT2D eigenvalue weighted by Gasteiger charge is -2.15. The van der Waals surface area contributed by atoms with Crippen molar-refractivity contribution in [3.8, 4) is 0 Å². The van der Waals surface area contributed by atoms with Crippen molar-refractivity contribution in [1.29, 1.82) is 0 Å². The molecular weight excluding hydrogens is 308 g/mol. The maximum absolute atomic E-state index is 5.65. The van der Waals surface area contributed by atoms with Gasteiger partial charge in [-0.05, 0) is 25.0 Å². The molecule has 0 bridgehead atoms. The van der Waals surface area contributed by atoms with Crippen molar-refractivity contribution in [2.75, 3.05) is 19.7 Å². The lowest BCUT2D eigenvalue weighted by atomic mass is 10.2. The Morgan fingerprint density at radius 3 is 3.12 bits per heavy atom. The fraction of sp³-hybridized carbons (Fsp3) is 0.562. The zero-order valence-corrected chi connectivity index (χ0v) is 13.9. The summed E-state index contributed by atoms with van der Waals surface area (Å²) >= 11 is 0.